The van der Waals surface area contributed by atoms with Crippen molar-refractivity contribution in [3.05, 3.63) is 0 Å². The summed E-state index contributed by atoms with van der Waals surface area (Å²) in [5.41, 5.74) is 4.81. The first-order valence-electron chi connectivity index (χ1n) is 6.54. The topological polar surface area (TPSA) is 113 Å². The third-order valence-corrected chi connectivity index (χ3v) is 2.94. The van der Waals surface area contributed by atoms with Crippen LogP contribution in [0.5, 0.6) is 0 Å². The lowest BCUT2D eigenvalue weighted by Gasteiger charge is -2.29. The molecule has 0 aliphatic carbocycles. The quantitative estimate of drug-likeness (QED) is 0.288. The summed E-state index contributed by atoms with van der Waals surface area (Å²) in [5, 5.41) is 8.50. The molecule has 0 amide bonds. The number of carbonyl (C=O) groups excluding carboxylic acids is 1. The molecule has 8 nitrogen and oxygen atoms in total. The van der Waals surface area contributed by atoms with Crippen molar-refractivity contribution in [1.29, 1.82) is 5.26 Å². The van der Waals surface area contributed by atoms with E-state index in [-0.39, 0.29) is 40.0 Å². The van der Waals surface area contributed by atoms with Crippen LogP contribution in [0.2, 0.25) is 0 Å². The van der Waals surface area contributed by atoms with Gasteiger partial charge in [0.05, 0.1) is 18.6 Å². The van der Waals surface area contributed by atoms with Crippen molar-refractivity contribution in [2.75, 3.05) is 54.2 Å². The summed E-state index contributed by atoms with van der Waals surface area (Å²) in [5.74, 6) is -0.520. The number of hydrogen-bond acceptors (Lipinski definition) is 8. The van der Waals surface area contributed by atoms with Crippen LogP contribution in [0.3, 0.4) is 0 Å². The van der Waals surface area contributed by atoms with E-state index >= 15 is 0 Å². The normalized spacial score (nSPS) is 11.1. The minimum Gasteiger partial charge on any atom is -0.450 e. The van der Waals surface area contributed by atoms with E-state index in [2.05, 4.69) is 0 Å². The van der Waals surface area contributed by atoms with Crippen molar-refractivity contribution in [3.8, 4) is 6.07 Å². The molecule has 0 rings (SSSR count). The summed E-state index contributed by atoms with van der Waals surface area (Å²) < 4.78 is 24.9. The number of rotatable bonds is 13. The van der Waals surface area contributed by atoms with Gasteiger partial charge in [0.15, 0.2) is 6.61 Å². The number of ether oxygens (including phenoxy) is 5. The fourth-order valence-corrected chi connectivity index (χ4v) is 1.69. The highest BCUT2D eigenvalue weighted by atomic mass is 16.7. The first-order chi connectivity index (χ1) is 10.2. The Hall–Kier alpha value is -1.24. The highest BCUT2D eigenvalue weighted by Crippen LogP contribution is 2.27. The molecule has 122 valence electrons. The Morgan fingerprint density at radius 2 is 1.67 bits per heavy atom. The summed E-state index contributed by atoms with van der Waals surface area (Å²) >= 11 is 0. The summed E-state index contributed by atoms with van der Waals surface area (Å²) in [6, 6.07) is 1.76. The van der Waals surface area contributed by atoms with Gasteiger partial charge in [-0.05, 0) is 12.8 Å². The van der Waals surface area contributed by atoms with Crippen molar-refractivity contribution in [2.24, 2.45) is 11.1 Å². The number of esters is 1. The second-order valence-electron chi connectivity index (χ2n) is 4.35. The van der Waals surface area contributed by atoms with Gasteiger partial charge in [-0.25, -0.2) is 0 Å². The fourth-order valence-electron chi connectivity index (χ4n) is 1.69. The minimum atomic E-state index is -0.946. The Balaban J connectivity index is 4.58. The van der Waals surface area contributed by atoms with Crippen molar-refractivity contribution < 1.29 is 28.5 Å². The van der Waals surface area contributed by atoms with Gasteiger partial charge < -0.3 is 29.4 Å². The Morgan fingerprint density at radius 1 is 1.14 bits per heavy atom. The number of nitrogens with zero attached hydrogens (tertiary/aromatic N) is 1. The summed E-state index contributed by atoms with van der Waals surface area (Å²) in [6.07, 6.45) is 0.709. The van der Waals surface area contributed by atoms with E-state index in [1.807, 2.05) is 0 Å². The number of methoxy groups -OCH3 is 2. The van der Waals surface area contributed by atoms with Crippen LogP contribution >= 0.6 is 0 Å². The molecule has 8 heteroatoms. The van der Waals surface area contributed by atoms with Gasteiger partial charge in [-0.1, -0.05) is 0 Å². The van der Waals surface area contributed by atoms with Crippen LogP contribution in [0, 0.1) is 16.7 Å². The van der Waals surface area contributed by atoms with E-state index in [1.165, 1.54) is 14.2 Å². The van der Waals surface area contributed by atoms with Crippen molar-refractivity contribution in [1.82, 2.24) is 0 Å². The van der Waals surface area contributed by atoms with Crippen molar-refractivity contribution in [2.45, 2.75) is 12.8 Å². The van der Waals surface area contributed by atoms with Gasteiger partial charge in [0, 0.05) is 20.8 Å². The molecule has 0 heterocycles. The maximum Gasteiger partial charge on any atom is 0.314 e. The lowest BCUT2D eigenvalue weighted by Crippen LogP contribution is -2.42. The van der Waals surface area contributed by atoms with Crippen LogP contribution < -0.4 is 5.73 Å². The van der Waals surface area contributed by atoms with Gasteiger partial charge in [0.25, 0.3) is 0 Å². The number of nitrogens with two attached hydrogens (primary N) is 1. The first kappa shape index (κ1) is 19.8. The molecule has 0 saturated heterocycles. The maximum atomic E-state index is 12.2. The molecule has 0 aromatic carbocycles. The molecule has 0 aliphatic rings. The third-order valence-electron chi connectivity index (χ3n) is 2.94. The molecule has 0 radical (unpaired) electrons. The minimum absolute atomic E-state index is 0.0734. The zero-order chi connectivity index (χ0) is 16.0. The lowest BCUT2D eigenvalue weighted by molar-refractivity contribution is -0.158. The maximum absolute atomic E-state index is 12.2. The standard InChI is InChI=1S/C13H24N2O6/c1-17-10-19-6-3-13(9-15,4-7-20-11-18-2)12(16)21-8-5-14/h3-4,6-11,15H2,1-2H3. The average molecular weight is 304 g/mol. The van der Waals surface area contributed by atoms with Crippen LogP contribution in [0.4, 0.5) is 0 Å². The molecule has 0 aliphatic heterocycles. The van der Waals surface area contributed by atoms with E-state index in [0.29, 0.717) is 12.8 Å². The zero-order valence-electron chi connectivity index (χ0n) is 12.6. The Morgan fingerprint density at radius 3 is 2.05 bits per heavy atom. The molecule has 0 atom stereocenters. The van der Waals surface area contributed by atoms with Gasteiger partial charge in [0.1, 0.15) is 19.7 Å². The monoisotopic (exact) mass is 304 g/mol. The largest absolute Gasteiger partial charge is 0.450 e. The van der Waals surface area contributed by atoms with E-state index in [9.17, 15) is 4.79 Å². The number of carbonyl (C=O) groups is 1. The molecule has 0 aromatic rings. The second-order valence-corrected chi connectivity index (χ2v) is 4.35. The van der Waals surface area contributed by atoms with Crippen molar-refractivity contribution >= 4 is 5.97 Å². The summed E-state index contributed by atoms with van der Waals surface area (Å²) in [4.78, 5) is 12.2. The van der Waals surface area contributed by atoms with E-state index < -0.39 is 11.4 Å². The van der Waals surface area contributed by atoms with Crippen LogP contribution in [0.25, 0.3) is 0 Å². The Bertz CT molecular complexity index is 306. The van der Waals surface area contributed by atoms with Gasteiger partial charge in [-0.3, -0.25) is 4.79 Å². The molecule has 0 spiro atoms. The first-order valence-corrected chi connectivity index (χ1v) is 6.54. The summed E-state index contributed by atoms with van der Waals surface area (Å²) in [7, 11) is 3.02. The SMILES string of the molecule is COCOCCC(CN)(CCOCOC)C(=O)OCC#N. The zero-order valence-corrected chi connectivity index (χ0v) is 12.6. The third kappa shape index (κ3) is 7.94. The molecule has 0 bridgehead atoms. The number of nitriles is 1. The molecule has 0 aromatic heterocycles. The molecular weight excluding hydrogens is 280 g/mol. The second kappa shape index (κ2) is 12.5. The van der Waals surface area contributed by atoms with Gasteiger partial charge in [-0.2, -0.15) is 5.26 Å². The molecule has 2 N–H and O–H groups in total. The molecule has 0 unspecified atom stereocenters. The highest BCUT2D eigenvalue weighted by molar-refractivity contribution is 5.77. The van der Waals surface area contributed by atoms with Gasteiger partial charge in [0.2, 0.25) is 0 Å². The Kier molecular flexibility index (Phi) is 11.8. The van der Waals surface area contributed by atoms with E-state index in [1.54, 1.807) is 6.07 Å². The number of hydrogen-bond donors (Lipinski definition) is 1. The van der Waals surface area contributed by atoms with Gasteiger partial charge >= 0.3 is 5.97 Å². The van der Waals surface area contributed by atoms with Crippen LogP contribution in [0.1, 0.15) is 12.8 Å². The van der Waals surface area contributed by atoms with Crippen molar-refractivity contribution in [3.63, 3.8) is 0 Å². The van der Waals surface area contributed by atoms with Crippen LogP contribution in [-0.2, 0) is 28.5 Å². The Labute approximate surface area is 125 Å². The fraction of sp³-hybridized carbons (Fsp3) is 0.846. The molecule has 21 heavy (non-hydrogen) atoms. The smallest absolute Gasteiger partial charge is 0.314 e. The average Bonchev–Trinajstić information content (AvgIpc) is 2.51. The van der Waals surface area contributed by atoms with Gasteiger partial charge in [-0.15, -0.1) is 0 Å². The summed E-state index contributed by atoms with van der Waals surface area (Å²) in [6.45, 7) is 0.610. The van der Waals surface area contributed by atoms with E-state index in [0.717, 1.165) is 0 Å². The predicted molar refractivity (Wildman–Crippen MR) is 72.9 cm³/mol. The molecule has 0 saturated carbocycles. The molecular formula is C13H24N2O6. The molecule has 0 fully saturated rings. The van der Waals surface area contributed by atoms with E-state index in [4.69, 9.17) is 34.7 Å². The lowest BCUT2D eigenvalue weighted by atomic mass is 9.81. The van der Waals surface area contributed by atoms with Crippen LogP contribution in [-0.4, -0.2) is 60.1 Å². The highest BCUT2D eigenvalue weighted by Gasteiger charge is 2.38. The van der Waals surface area contributed by atoms with Crippen LogP contribution in [0.15, 0.2) is 0 Å². The predicted octanol–water partition coefficient (Wildman–Crippen LogP) is 0.0195.